The quantitative estimate of drug-likeness (QED) is 0.166. The number of hydrogen-bond donors (Lipinski definition) is 3. The predicted molar refractivity (Wildman–Crippen MR) is 136 cm³/mol. The van der Waals surface area contributed by atoms with Gasteiger partial charge in [0.25, 0.3) is 11.5 Å². The molecule has 3 aliphatic rings. The summed E-state index contributed by atoms with van der Waals surface area (Å²) in [5.74, 6) is -3.89. The van der Waals surface area contributed by atoms with Gasteiger partial charge in [0.1, 0.15) is 23.0 Å². The molecule has 2 saturated heterocycles. The molecule has 204 valence electrons. The maximum absolute atomic E-state index is 13.4. The van der Waals surface area contributed by atoms with Gasteiger partial charge in [0.15, 0.2) is 5.65 Å². The molecule has 0 aromatic carbocycles. The summed E-state index contributed by atoms with van der Waals surface area (Å²) in [6.45, 7) is 3.39. The molecular formula is C25H25N6NaO7S. The molecule has 1 aliphatic carbocycles. The van der Waals surface area contributed by atoms with Crippen LogP contribution >= 0.6 is 11.8 Å². The van der Waals surface area contributed by atoms with Gasteiger partial charge in [-0.1, -0.05) is 23.8 Å². The molecule has 2 aromatic rings. The number of hydrogen-bond acceptors (Lipinski definition) is 10. The smallest absolute Gasteiger partial charge is 0.548 e. The normalized spacial score (nSPS) is 23.4. The molecule has 4 heterocycles. The summed E-state index contributed by atoms with van der Waals surface area (Å²) in [6, 6.07) is -0.659. The second kappa shape index (κ2) is 11.4. The molecule has 1 unspecified atom stereocenters. The average Bonchev–Trinajstić information content (AvgIpc) is 3.15. The Hall–Kier alpha value is -3.20. The van der Waals surface area contributed by atoms with Crippen LogP contribution in [-0.2, 0) is 14.4 Å². The number of rotatable bonds is 7. The molecule has 2 aromatic heterocycles. The SMILES string of the molecule is CC1(C)S[C@@H]2[C@H](NC(=O)C(CC3=CCC=CC3)NC(=O)c3cnc4ccc(O)nn4c3=O)C(=O)N2[C@H]1C(=O)[O-].[Na+]. The first-order valence-corrected chi connectivity index (χ1v) is 13.1. The number of carboxylic acid groups (broad SMARTS) is 1. The van der Waals surface area contributed by atoms with Gasteiger partial charge in [-0.3, -0.25) is 19.2 Å². The molecule has 3 amide bonds. The maximum Gasteiger partial charge on any atom is 1.00 e. The molecule has 15 heteroatoms. The van der Waals surface area contributed by atoms with Crippen molar-refractivity contribution in [2.75, 3.05) is 0 Å². The number of aliphatic carboxylic acids is 1. The fraction of sp³-hybridized carbons (Fsp3) is 0.400. The van der Waals surface area contributed by atoms with Gasteiger partial charge in [0.2, 0.25) is 17.7 Å². The number of aromatic nitrogens is 3. The maximum atomic E-state index is 13.4. The zero-order valence-corrected chi connectivity index (χ0v) is 24.8. The Kier molecular flexibility index (Phi) is 8.45. The number of fused-ring (bicyclic) bond motifs is 2. The van der Waals surface area contributed by atoms with Crippen molar-refractivity contribution in [1.82, 2.24) is 30.1 Å². The molecule has 0 saturated carbocycles. The van der Waals surface area contributed by atoms with Crippen LogP contribution < -0.4 is 50.9 Å². The Morgan fingerprint density at radius 2 is 2.00 bits per heavy atom. The standard InChI is InChI=1S/C25H26N6O7S.Na/c1-25(2)18(24(37)38)30-22(36)17(23(30)39-25)28-20(34)14(10-12-6-4-3-5-7-12)27-19(33)13-11-26-15-8-9-16(32)29-31(15)21(13)35;/h3-4,7-9,11,14,17-18,23H,5-6,10H2,1-2H3,(H,27,33)(H,28,34)(H,29,32)(H,37,38);/q;+1/p-1/t14?,17-,18+,23-;/m1./s1. The minimum Gasteiger partial charge on any atom is -0.548 e. The fourth-order valence-corrected chi connectivity index (χ4v) is 6.63. The molecule has 4 atom stereocenters. The molecule has 0 radical (unpaired) electrons. The van der Waals surface area contributed by atoms with Crippen molar-refractivity contribution in [1.29, 1.82) is 0 Å². The van der Waals surface area contributed by atoms with Crippen molar-refractivity contribution < 1.29 is 58.9 Å². The Morgan fingerprint density at radius 1 is 1.25 bits per heavy atom. The first kappa shape index (κ1) is 29.8. The van der Waals surface area contributed by atoms with E-state index < -0.39 is 68.9 Å². The second-order valence-corrected chi connectivity index (χ2v) is 11.8. The third-order valence-electron chi connectivity index (χ3n) is 6.93. The third kappa shape index (κ3) is 5.40. The number of carbonyl (C=O) groups is 4. The number of thioether (sulfide) groups is 1. The van der Waals surface area contributed by atoms with E-state index in [1.807, 2.05) is 18.2 Å². The number of aromatic hydroxyl groups is 1. The van der Waals surface area contributed by atoms with E-state index >= 15 is 0 Å². The number of nitrogens with one attached hydrogen (secondary N) is 2. The largest absolute Gasteiger partial charge is 1.00 e. The topological polar surface area (TPSA) is 186 Å². The number of carboxylic acids is 1. The van der Waals surface area contributed by atoms with Gasteiger partial charge in [0.05, 0.1) is 12.0 Å². The van der Waals surface area contributed by atoms with Crippen molar-refractivity contribution in [3.05, 3.63) is 58.0 Å². The number of β-lactam (4-membered cyclic amide) rings is 1. The molecule has 0 spiro atoms. The predicted octanol–water partition coefficient (Wildman–Crippen LogP) is -4.14. The monoisotopic (exact) mass is 576 g/mol. The number of allylic oxidation sites excluding steroid dienone is 3. The Balaban J connectivity index is 0.00000370. The minimum atomic E-state index is -1.37. The van der Waals surface area contributed by atoms with Crippen molar-refractivity contribution >= 4 is 41.1 Å². The van der Waals surface area contributed by atoms with E-state index in [1.54, 1.807) is 13.8 Å². The zero-order chi connectivity index (χ0) is 28.1. The van der Waals surface area contributed by atoms with Crippen LogP contribution in [0.2, 0.25) is 0 Å². The van der Waals surface area contributed by atoms with E-state index in [9.17, 15) is 34.2 Å². The molecule has 2 aliphatic heterocycles. The number of amides is 3. The van der Waals surface area contributed by atoms with Gasteiger partial charge in [-0.05, 0) is 39.2 Å². The van der Waals surface area contributed by atoms with Crippen LogP contribution in [0, 0.1) is 0 Å². The van der Waals surface area contributed by atoms with Gasteiger partial charge in [-0.25, -0.2) is 4.98 Å². The van der Waals surface area contributed by atoms with Crippen LogP contribution in [0.15, 0.2) is 46.9 Å². The van der Waals surface area contributed by atoms with E-state index in [-0.39, 0.29) is 41.6 Å². The molecule has 0 bridgehead atoms. The summed E-state index contributed by atoms with van der Waals surface area (Å²) in [7, 11) is 0. The molecule has 13 nitrogen and oxygen atoms in total. The van der Waals surface area contributed by atoms with Crippen LogP contribution in [0.4, 0.5) is 0 Å². The zero-order valence-electron chi connectivity index (χ0n) is 22.0. The molecule has 2 fully saturated rings. The van der Waals surface area contributed by atoms with Gasteiger partial charge in [-0.15, -0.1) is 16.9 Å². The number of carbonyl (C=O) groups excluding carboxylic acids is 4. The second-order valence-electron chi connectivity index (χ2n) is 10.0. The molecule has 3 N–H and O–H groups in total. The van der Waals surface area contributed by atoms with Crippen LogP contribution in [0.3, 0.4) is 0 Å². The van der Waals surface area contributed by atoms with Gasteiger partial charge < -0.3 is 30.5 Å². The molecular weight excluding hydrogens is 551 g/mol. The fourth-order valence-electron chi connectivity index (χ4n) is 5.01. The van der Waals surface area contributed by atoms with Gasteiger partial charge in [-0.2, -0.15) is 4.52 Å². The Labute approximate surface area is 254 Å². The van der Waals surface area contributed by atoms with Gasteiger partial charge >= 0.3 is 29.6 Å². The summed E-state index contributed by atoms with van der Waals surface area (Å²) in [6.07, 6.45) is 8.26. The number of nitrogens with zero attached hydrogens (tertiary/aromatic N) is 4. The molecule has 40 heavy (non-hydrogen) atoms. The minimum absolute atomic E-state index is 0. The Morgan fingerprint density at radius 3 is 2.67 bits per heavy atom. The van der Waals surface area contributed by atoms with Crippen molar-refractivity contribution in [3.8, 4) is 5.88 Å². The first-order chi connectivity index (χ1) is 18.5. The van der Waals surface area contributed by atoms with Crippen LogP contribution in [0.5, 0.6) is 5.88 Å². The summed E-state index contributed by atoms with van der Waals surface area (Å²) in [4.78, 5) is 69.2. The van der Waals surface area contributed by atoms with E-state index in [0.717, 1.165) is 16.3 Å². The van der Waals surface area contributed by atoms with Crippen molar-refractivity contribution in [2.24, 2.45) is 0 Å². The van der Waals surface area contributed by atoms with E-state index in [2.05, 4.69) is 20.7 Å². The summed E-state index contributed by atoms with van der Waals surface area (Å²) >= 11 is 1.25. The van der Waals surface area contributed by atoms with E-state index in [0.29, 0.717) is 12.8 Å². The summed E-state index contributed by atoms with van der Waals surface area (Å²) in [5.41, 5.74) is -0.234. The van der Waals surface area contributed by atoms with Crippen LogP contribution in [-0.4, -0.2) is 76.5 Å². The summed E-state index contributed by atoms with van der Waals surface area (Å²) < 4.78 is -0.0402. The van der Waals surface area contributed by atoms with E-state index in [1.165, 1.54) is 28.8 Å². The molecule has 5 rings (SSSR count). The summed E-state index contributed by atoms with van der Waals surface area (Å²) in [5, 5.41) is 29.6. The first-order valence-electron chi connectivity index (χ1n) is 12.2. The van der Waals surface area contributed by atoms with Crippen LogP contribution in [0.25, 0.3) is 5.65 Å². The van der Waals surface area contributed by atoms with Crippen LogP contribution in [0.1, 0.15) is 43.5 Å². The average molecular weight is 577 g/mol. The van der Waals surface area contributed by atoms with Crippen molar-refractivity contribution in [2.45, 2.75) is 61.4 Å². The Bertz CT molecular complexity index is 1520. The van der Waals surface area contributed by atoms with E-state index in [4.69, 9.17) is 0 Å². The third-order valence-corrected chi connectivity index (χ3v) is 8.51. The van der Waals surface area contributed by atoms with Gasteiger partial charge in [0, 0.05) is 17.0 Å². The van der Waals surface area contributed by atoms with Crippen molar-refractivity contribution in [3.63, 3.8) is 0 Å².